The maximum Gasteiger partial charge on any atom is 0.225 e. The van der Waals surface area contributed by atoms with Crippen molar-refractivity contribution >= 4 is 5.91 Å². The number of amides is 1. The first-order chi connectivity index (χ1) is 12.3. The van der Waals surface area contributed by atoms with Gasteiger partial charge >= 0.3 is 0 Å². The Morgan fingerprint density at radius 2 is 1.92 bits per heavy atom. The molecule has 0 spiro atoms. The third-order valence-electron chi connectivity index (χ3n) is 6.11. The Morgan fingerprint density at radius 3 is 2.80 bits per heavy atom. The van der Waals surface area contributed by atoms with E-state index in [-0.39, 0.29) is 12.0 Å². The van der Waals surface area contributed by atoms with Crippen LogP contribution in [0.3, 0.4) is 0 Å². The van der Waals surface area contributed by atoms with Crippen molar-refractivity contribution in [3.8, 4) is 0 Å². The van der Waals surface area contributed by atoms with Crippen LogP contribution in [0.2, 0.25) is 0 Å². The van der Waals surface area contributed by atoms with E-state index in [9.17, 15) is 4.79 Å². The van der Waals surface area contributed by atoms with Gasteiger partial charge in [0, 0.05) is 19.1 Å². The molecule has 3 aliphatic rings. The highest BCUT2D eigenvalue weighted by molar-refractivity contribution is 5.77. The lowest BCUT2D eigenvalue weighted by Gasteiger charge is -2.41. The van der Waals surface area contributed by atoms with Gasteiger partial charge in [0.05, 0.1) is 19.1 Å². The van der Waals surface area contributed by atoms with E-state index in [0.29, 0.717) is 12.5 Å². The van der Waals surface area contributed by atoms with Crippen molar-refractivity contribution in [1.29, 1.82) is 0 Å². The van der Waals surface area contributed by atoms with Crippen molar-refractivity contribution in [1.82, 2.24) is 9.80 Å². The summed E-state index contributed by atoms with van der Waals surface area (Å²) in [5.41, 5.74) is 2.56. The van der Waals surface area contributed by atoms with E-state index in [1.165, 1.54) is 49.9 Å². The number of carbonyl (C=O) groups excluding carboxylic acids is 1. The molecule has 2 saturated heterocycles. The molecule has 25 heavy (non-hydrogen) atoms. The summed E-state index contributed by atoms with van der Waals surface area (Å²) in [4.78, 5) is 17.7. The summed E-state index contributed by atoms with van der Waals surface area (Å²) >= 11 is 0. The molecule has 4 nitrogen and oxygen atoms in total. The molecule has 1 amide bonds. The van der Waals surface area contributed by atoms with Crippen molar-refractivity contribution in [2.24, 2.45) is 0 Å². The normalized spacial score (nSPS) is 27.8. The Kier molecular flexibility index (Phi) is 5.37. The summed E-state index contributed by atoms with van der Waals surface area (Å²) in [6, 6.07) is 8.99. The van der Waals surface area contributed by atoms with Crippen LogP contribution in [-0.4, -0.2) is 54.5 Å². The van der Waals surface area contributed by atoms with Crippen molar-refractivity contribution in [2.75, 3.05) is 32.8 Å². The number of benzene rings is 1. The highest BCUT2D eigenvalue weighted by atomic mass is 16.5. The molecule has 1 aromatic rings. The zero-order valence-corrected chi connectivity index (χ0v) is 15.2. The SMILES string of the molecule is O=C(CC1OCCc2ccccc21)N1CCCC(N2CCCCC2)C1. The van der Waals surface area contributed by atoms with Gasteiger partial charge in [-0.05, 0) is 56.3 Å². The Bertz CT molecular complexity index is 597. The van der Waals surface area contributed by atoms with E-state index >= 15 is 0 Å². The molecule has 4 rings (SSSR count). The molecule has 0 N–H and O–H groups in total. The van der Waals surface area contributed by atoms with Crippen LogP contribution in [0.25, 0.3) is 0 Å². The number of ether oxygens (including phenoxy) is 1. The van der Waals surface area contributed by atoms with Gasteiger partial charge < -0.3 is 9.64 Å². The number of hydrogen-bond donors (Lipinski definition) is 0. The summed E-state index contributed by atoms with van der Waals surface area (Å²) in [5.74, 6) is 0.267. The minimum absolute atomic E-state index is 0.0622. The van der Waals surface area contributed by atoms with Gasteiger partial charge in [0.1, 0.15) is 0 Å². The highest BCUT2D eigenvalue weighted by Gasteiger charge is 2.31. The predicted molar refractivity (Wildman–Crippen MR) is 98.5 cm³/mol. The van der Waals surface area contributed by atoms with Gasteiger partial charge in [-0.1, -0.05) is 30.7 Å². The Labute approximate surface area is 151 Å². The van der Waals surface area contributed by atoms with Gasteiger partial charge in [0.25, 0.3) is 0 Å². The second-order valence-electron chi connectivity index (χ2n) is 7.74. The van der Waals surface area contributed by atoms with Crippen LogP contribution < -0.4 is 0 Å². The zero-order chi connectivity index (χ0) is 17.1. The molecule has 1 aromatic carbocycles. The maximum atomic E-state index is 12.9. The largest absolute Gasteiger partial charge is 0.373 e. The van der Waals surface area contributed by atoms with Gasteiger partial charge in [-0.3, -0.25) is 9.69 Å². The van der Waals surface area contributed by atoms with E-state index in [4.69, 9.17) is 4.74 Å². The van der Waals surface area contributed by atoms with Crippen molar-refractivity contribution < 1.29 is 9.53 Å². The molecule has 0 saturated carbocycles. The number of fused-ring (bicyclic) bond motifs is 1. The molecular weight excluding hydrogens is 312 g/mol. The number of hydrogen-bond acceptors (Lipinski definition) is 3. The number of nitrogens with zero attached hydrogens (tertiary/aromatic N) is 2. The van der Waals surface area contributed by atoms with Crippen molar-refractivity contribution in [2.45, 2.75) is 57.1 Å². The number of rotatable bonds is 3. The highest BCUT2D eigenvalue weighted by Crippen LogP contribution is 2.30. The summed E-state index contributed by atoms with van der Waals surface area (Å²) < 4.78 is 5.95. The molecule has 0 aromatic heterocycles. The van der Waals surface area contributed by atoms with Crippen molar-refractivity contribution in [3.63, 3.8) is 0 Å². The fourth-order valence-corrected chi connectivity index (χ4v) is 4.70. The van der Waals surface area contributed by atoms with Gasteiger partial charge in [-0.25, -0.2) is 0 Å². The van der Waals surface area contributed by atoms with E-state index < -0.39 is 0 Å². The monoisotopic (exact) mass is 342 g/mol. The average molecular weight is 342 g/mol. The second-order valence-corrected chi connectivity index (χ2v) is 7.74. The lowest BCUT2D eigenvalue weighted by Crippen LogP contribution is -2.51. The third kappa shape index (κ3) is 3.90. The molecule has 4 heteroatoms. The Morgan fingerprint density at radius 1 is 1.08 bits per heavy atom. The van der Waals surface area contributed by atoms with Crippen LogP contribution in [-0.2, 0) is 16.0 Å². The van der Waals surface area contributed by atoms with Crippen LogP contribution in [0.5, 0.6) is 0 Å². The molecule has 2 unspecified atom stereocenters. The smallest absolute Gasteiger partial charge is 0.225 e. The molecular formula is C21H30N2O2. The Hall–Kier alpha value is -1.39. The zero-order valence-electron chi connectivity index (χ0n) is 15.2. The lowest BCUT2D eigenvalue weighted by molar-refractivity contribution is -0.137. The van der Waals surface area contributed by atoms with Crippen LogP contribution in [0.4, 0.5) is 0 Å². The van der Waals surface area contributed by atoms with E-state index in [0.717, 1.165) is 32.5 Å². The number of carbonyl (C=O) groups is 1. The minimum Gasteiger partial charge on any atom is -0.373 e. The van der Waals surface area contributed by atoms with Crippen LogP contribution in [0, 0.1) is 0 Å². The molecule has 0 aliphatic carbocycles. The van der Waals surface area contributed by atoms with E-state index in [2.05, 4.69) is 34.1 Å². The molecule has 2 fully saturated rings. The Balaban J connectivity index is 1.38. The molecule has 136 valence electrons. The first-order valence-corrected chi connectivity index (χ1v) is 10.0. The van der Waals surface area contributed by atoms with Gasteiger partial charge in [0.15, 0.2) is 0 Å². The molecule has 3 heterocycles. The van der Waals surface area contributed by atoms with Gasteiger partial charge in [0.2, 0.25) is 5.91 Å². The number of likely N-dealkylation sites (tertiary alicyclic amines) is 2. The molecule has 0 bridgehead atoms. The summed E-state index contributed by atoms with van der Waals surface area (Å²) in [5, 5.41) is 0. The lowest BCUT2D eigenvalue weighted by atomic mass is 9.95. The second kappa shape index (κ2) is 7.88. The van der Waals surface area contributed by atoms with Crippen LogP contribution in [0.15, 0.2) is 24.3 Å². The average Bonchev–Trinajstić information content (AvgIpc) is 2.69. The summed E-state index contributed by atoms with van der Waals surface area (Å²) in [6.07, 6.45) is 7.76. The molecule has 3 aliphatic heterocycles. The van der Waals surface area contributed by atoms with Crippen molar-refractivity contribution in [3.05, 3.63) is 35.4 Å². The van der Waals surface area contributed by atoms with Gasteiger partial charge in [-0.2, -0.15) is 0 Å². The summed E-state index contributed by atoms with van der Waals surface area (Å²) in [7, 11) is 0. The summed E-state index contributed by atoms with van der Waals surface area (Å²) in [6.45, 7) is 4.98. The van der Waals surface area contributed by atoms with E-state index in [1.807, 2.05) is 0 Å². The minimum atomic E-state index is -0.0622. The van der Waals surface area contributed by atoms with Gasteiger partial charge in [-0.15, -0.1) is 0 Å². The first kappa shape index (κ1) is 17.0. The topological polar surface area (TPSA) is 32.8 Å². The van der Waals surface area contributed by atoms with Crippen LogP contribution >= 0.6 is 0 Å². The standard InChI is InChI=1S/C21H30N2O2/c24-21(15-20-19-9-3-2-7-17(19)10-14-25-20)23-13-6-8-18(16-23)22-11-4-1-5-12-22/h2-3,7,9,18,20H,1,4-6,8,10-16H2. The maximum absolute atomic E-state index is 12.9. The molecule has 0 radical (unpaired) electrons. The number of piperidine rings is 2. The predicted octanol–water partition coefficient (Wildman–Crippen LogP) is 3.17. The quantitative estimate of drug-likeness (QED) is 0.846. The van der Waals surface area contributed by atoms with Crippen LogP contribution in [0.1, 0.15) is 55.8 Å². The van der Waals surface area contributed by atoms with E-state index in [1.54, 1.807) is 0 Å². The molecule has 2 atom stereocenters. The fourth-order valence-electron chi connectivity index (χ4n) is 4.70. The first-order valence-electron chi connectivity index (χ1n) is 10.0. The fraction of sp³-hybridized carbons (Fsp3) is 0.667. The third-order valence-corrected chi connectivity index (χ3v) is 6.11.